The third-order valence-electron chi connectivity index (χ3n) is 0.813. The molecule has 1 nitrogen and oxygen atoms in total. The van der Waals surface area contributed by atoms with Crippen molar-refractivity contribution in [3.05, 3.63) is 21.3 Å². The fraction of sp³-hybridized carbons (Fsp3) is 0.286. The molecule has 9 heavy (non-hydrogen) atoms. The number of hydrogen-bond acceptors (Lipinski definition) is 1. The van der Waals surface area contributed by atoms with Crippen molar-refractivity contribution in [1.82, 2.24) is 0 Å². The van der Waals surface area contributed by atoms with Crippen molar-refractivity contribution in [2.75, 3.05) is 0 Å². The molecule has 0 aromatic rings. The number of aldehydes is 1. The molecule has 0 fully saturated rings. The lowest BCUT2D eigenvalue weighted by molar-refractivity contribution is -0.104. The maximum absolute atomic E-state index is 10.1. The summed E-state index contributed by atoms with van der Waals surface area (Å²) in [6.45, 7) is 3.75. The minimum atomic E-state index is 0.764. The maximum atomic E-state index is 10.1. The molecule has 0 heterocycles. The zero-order chi connectivity index (χ0) is 7.28. The summed E-state index contributed by atoms with van der Waals surface area (Å²) in [5.41, 5.74) is 1.88. The Labute approximate surface area is 69.0 Å². The fourth-order valence-electron chi connectivity index (χ4n) is 0.425. The van der Waals surface area contributed by atoms with Gasteiger partial charge in [-0.05, 0) is 29.1 Å². The van der Waals surface area contributed by atoms with Crippen LogP contribution in [0.15, 0.2) is 21.3 Å². The summed E-state index contributed by atoms with van der Waals surface area (Å²) in [4.78, 5) is 10.1. The summed E-state index contributed by atoms with van der Waals surface area (Å²) in [5, 5.41) is 0. The Kier molecular flexibility index (Phi) is 4.67. The summed E-state index contributed by atoms with van der Waals surface area (Å²) in [5.74, 6) is 0. The predicted octanol–water partition coefficient (Wildman–Crippen LogP) is 2.47. The first-order valence-corrected chi connectivity index (χ1v) is 3.85. The minimum absolute atomic E-state index is 0.764. The van der Waals surface area contributed by atoms with E-state index < -0.39 is 0 Å². The summed E-state index contributed by atoms with van der Waals surface area (Å²) in [6.07, 6.45) is 2.70. The summed E-state index contributed by atoms with van der Waals surface area (Å²) < 4.78 is 1.94. The lowest BCUT2D eigenvalue weighted by atomic mass is 10.2. The van der Waals surface area contributed by atoms with Crippen LogP contribution in [0.3, 0.4) is 0 Å². The normalized spacial score (nSPS) is 13.7. The lowest BCUT2D eigenvalue weighted by Gasteiger charge is -1.87. The molecule has 0 N–H and O–H groups in total. The molecule has 0 aliphatic heterocycles. The van der Waals surface area contributed by atoms with E-state index in [0.29, 0.717) is 0 Å². The maximum Gasteiger partial charge on any atom is 0.145 e. The van der Waals surface area contributed by atoms with E-state index in [1.54, 1.807) is 6.92 Å². The summed E-state index contributed by atoms with van der Waals surface area (Å²) >= 11 is 2.14. The molecular formula is C7H9IO. The zero-order valence-electron chi connectivity index (χ0n) is 5.52. The molecule has 0 spiro atoms. The Morgan fingerprint density at radius 1 is 1.33 bits per heavy atom. The highest BCUT2D eigenvalue weighted by Crippen LogP contribution is 2.01. The Bertz CT molecular complexity index is 156. The van der Waals surface area contributed by atoms with Gasteiger partial charge in [0.05, 0.1) is 0 Å². The van der Waals surface area contributed by atoms with Crippen molar-refractivity contribution in [2.24, 2.45) is 0 Å². The summed E-state index contributed by atoms with van der Waals surface area (Å²) in [7, 11) is 0. The molecule has 0 unspecified atom stereocenters. The third kappa shape index (κ3) is 4.39. The van der Waals surface area contributed by atoms with Crippen LogP contribution in [-0.2, 0) is 4.79 Å². The third-order valence-corrected chi connectivity index (χ3v) is 1.80. The number of hydrogen-bond donors (Lipinski definition) is 0. The highest BCUT2D eigenvalue weighted by atomic mass is 127. The van der Waals surface area contributed by atoms with Crippen LogP contribution in [0, 0.1) is 0 Å². The molecule has 2 heteroatoms. The smallest absolute Gasteiger partial charge is 0.145 e. The predicted molar refractivity (Wildman–Crippen MR) is 47.6 cm³/mol. The minimum Gasteiger partial charge on any atom is -0.298 e. The van der Waals surface area contributed by atoms with Crippen LogP contribution in [0.4, 0.5) is 0 Å². The van der Waals surface area contributed by atoms with Crippen LogP contribution in [0.1, 0.15) is 13.8 Å². The zero-order valence-corrected chi connectivity index (χ0v) is 7.68. The molecule has 0 saturated heterocycles. The van der Waals surface area contributed by atoms with Crippen LogP contribution in [-0.4, -0.2) is 6.29 Å². The highest BCUT2D eigenvalue weighted by molar-refractivity contribution is 14.1. The number of halogens is 1. The van der Waals surface area contributed by atoms with Gasteiger partial charge in [0.1, 0.15) is 6.29 Å². The van der Waals surface area contributed by atoms with E-state index in [2.05, 4.69) is 22.6 Å². The molecule has 0 bridgehead atoms. The van der Waals surface area contributed by atoms with Crippen LogP contribution >= 0.6 is 22.6 Å². The quantitative estimate of drug-likeness (QED) is 0.311. The van der Waals surface area contributed by atoms with Crippen LogP contribution in [0.25, 0.3) is 0 Å². The Balaban J connectivity index is 4.11. The van der Waals surface area contributed by atoms with Gasteiger partial charge in [-0.3, -0.25) is 4.79 Å². The van der Waals surface area contributed by atoms with Gasteiger partial charge in [0.15, 0.2) is 0 Å². The topological polar surface area (TPSA) is 17.1 Å². The van der Waals surface area contributed by atoms with Crippen LogP contribution in [0.5, 0.6) is 0 Å². The number of carbonyl (C=O) groups is 1. The van der Waals surface area contributed by atoms with Crippen molar-refractivity contribution in [1.29, 1.82) is 0 Å². The van der Waals surface area contributed by atoms with Crippen molar-refractivity contribution in [3.63, 3.8) is 0 Å². The van der Waals surface area contributed by atoms with E-state index in [-0.39, 0.29) is 0 Å². The Morgan fingerprint density at radius 3 is 2.22 bits per heavy atom. The first-order chi connectivity index (χ1) is 4.20. The summed E-state index contributed by atoms with van der Waals surface area (Å²) in [6, 6.07) is 0. The molecule has 0 radical (unpaired) electrons. The van der Waals surface area contributed by atoms with E-state index in [4.69, 9.17) is 0 Å². The van der Waals surface area contributed by atoms with E-state index in [1.165, 1.54) is 0 Å². The van der Waals surface area contributed by atoms with Gasteiger partial charge in [-0.15, -0.1) is 0 Å². The van der Waals surface area contributed by atoms with Crippen LogP contribution < -0.4 is 0 Å². The standard InChI is InChI=1S/C7H9IO/c1-6(4-8)3-7(2)5-9/h3-5H,1-2H3/b6-4+,7-3+. The molecule has 0 aliphatic rings. The van der Waals surface area contributed by atoms with Crippen molar-refractivity contribution in [3.8, 4) is 0 Å². The molecule has 0 atom stereocenters. The number of carbonyl (C=O) groups excluding carboxylic acids is 1. The Hall–Kier alpha value is -0.120. The van der Waals surface area contributed by atoms with Gasteiger partial charge in [-0.2, -0.15) is 0 Å². The SMILES string of the molecule is C/C(C=O)=C\C(C)=C\I. The van der Waals surface area contributed by atoms with Crippen molar-refractivity contribution >= 4 is 28.9 Å². The van der Waals surface area contributed by atoms with Gasteiger partial charge in [-0.1, -0.05) is 28.7 Å². The second-order valence-electron chi connectivity index (χ2n) is 1.86. The molecule has 0 aromatic carbocycles. The van der Waals surface area contributed by atoms with Crippen molar-refractivity contribution in [2.45, 2.75) is 13.8 Å². The van der Waals surface area contributed by atoms with Gasteiger partial charge >= 0.3 is 0 Å². The van der Waals surface area contributed by atoms with E-state index >= 15 is 0 Å². The fourth-order valence-corrected chi connectivity index (χ4v) is 0.604. The van der Waals surface area contributed by atoms with Gasteiger partial charge < -0.3 is 0 Å². The first kappa shape index (κ1) is 8.88. The second-order valence-corrected chi connectivity index (χ2v) is 2.48. The average molecular weight is 236 g/mol. The largest absolute Gasteiger partial charge is 0.298 e. The molecule has 0 rings (SSSR count). The van der Waals surface area contributed by atoms with Gasteiger partial charge in [-0.25, -0.2) is 0 Å². The lowest BCUT2D eigenvalue weighted by Crippen LogP contribution is -1.75. The van der Waals surface area contributed by atoms with Crippen molar-refractivity contribution < 1.29 is 4.79 Å². The monoisotopic (exact) mass is 236 g/mol. The molecular weight excluding hydrogens is 227 g/mol. The second kappa shape index (κ2) is 4.73. The molecule has 50 valence electrons. The molecule has 0 aliphatic carbocycles. The van der Waals surface area contributed by atoms with Gasteiger partial charge in [0.25, 0.3) is 0 Å². The Morgan fingerprint density at radius 2 is 1.89 bits per heavy atom. The molecule has 0 amide bonds. The van der Waals surface area contributed by atoms with E-state index in [1.807, 2.05) is 17.1 Å². The molecule has 0 saturated carbocycles. The van der Waals surface area contributed by atoms with Gasteiger partial charge in [0.2, 0.25) is 0 Å². The number of allylic oxidation sites excluding steroid dienone is 3. The molecule has 0 aromatic heterocycles. The highest BCUT2D eigenvalue weighted by Gasteiger charge is 1.83. The average Bonchev–Trinajstić information content (AvgIpc) is 1.87. The van der Waals surface area contributed by atoms with E-state index in [9.17, 15) is 4.79 Å². The van der Waals surface area contributed by atoms with Gasteiger partial charge in [0, 0.05) is 0 Å². The van der Waals surface area contributed by atoms with Crippen LogP contribution in [0.2, 0.25) is 0 Å². The number of rotatable bonds is 2. The van der Waals surface area contributed by atoms with E-state index in [0.717, 1.165) is 17.4 Å². The first-order valence-electron chi connectivity index (χ1n) is 2.61.